The fourth-order valence-corrected chi connectivity index (χ4v) is 2.31. The van der Waals surface area contributed by atoms with E-state index in [1.54, 1.807) is 24.3 Å². The monoisotopic (exact) mass is 261 g/mol. The molecule has 1 fully saturated rings. The number of amides is 1. The molecule has 1 heterocycles. The number of hydrogen-bond donors (Lipinski definition) is 1. The highest BCUT2D eigenvalue weighted by Crippen LogP contribution is 2.17. The number of carboxylic acid groups (broad SMARTS) is 1. The summed E-state index contributed by atoms with van der Waals surface area (Å²) in [6.07, 6.45) is 2.50. The highest BCUT2D eigenvalue weighted by atomic mass is 16.4. The van der Waals surface area contributed by atoms with Gasteiger partial charge in [0.2, 0.25) is 5.91 Å². The molecule has 1 aliphatic rings. The van der Waals surface area contributed by atoms with Crippen LogP contribution in [0.5, 0.6) is 0 Å². The van der Waals surface area contributed by atoms with Gasteiger partial charge in [-0.15, -0.1) is 0 Å². The van der Waals surface area contributed by atoms with Crippen molar-refractivity contribution in [2.75, 3.05) is 13.1 Å². The molecular formula is C15H19NO3. The maximum Gasteiger partial charge on any atom is 0.335 e. The largest absolute Gasteiger partial charge is 0.478 e. The first-order valence-electron chi connectivity index (χ1n) is 6.66. The lowest BCUT2D eigenvalue weighted by atomic mass is 9.98. The van der Waals surface area contributed by atoms with Crippen LogP contribution in [0.1, 0.15) is 35.7 Å². The predicted molar refractivity (Wildman–Crippen MR) is 72.1 cm³/mol. The van der Waals surface area contributed by atoms with Crippen LogP contribution in [0.4, 0.5) is 0 Å². The van der Waals surface area contributed by atoms with Gasteiger partial charge in [-0.2, -0.15) is 0 Å². The summed E-state index contributed by atoms with van der Waals surface area (Å²) in [5.41, 5.74) is 1.12. The Labute approximate surface area is 113 Å². The normalized spacial score (nSPS) is 16.4. The lowest BCUT2D eigenvalue weighted by Gasteiger charge is -2.30. The number of piperidine rings is 1. The second-order valence-electron chi connectivity index (χ2n) is 5.24. The van der Waals surface area contributed by atoms with E-state index in [9.17, 15) is 9.59 Å². The Morgan fingerprint density at radius 1 is 1.21 bits per heavy atom. The van der Waals surface area contributed by atoms with Gasteiger partial charge in [-0.3, -0.25) is 4.79 Å². The highest BCUT2D eigenvalue weighted by Gasteiger charge is 2.20. The Hall–Kier alpha value is -1.84. The van der Waals surface area contributed by atoms with E-state index in [0.717, 1.165) is 31.5 Å². The zero-order valence-electron chi connectivity index (χ0n) is 11.1. The lowest BCUT2D eigenvalue weighted by Crippen LogP contribution is -2.38. The number of hydrogen-bond acceptors (Lipinski definition) is 2. The van der Waals surface area contributed by atoms with E-state index < -0.39 is 5.97 Å². The maximum atomic E-state index is 12.1. The van der Waals surface area contributed by atoms with E-state index in [4.69, 9.17) is 5.11 Å². The van der Waals surface area contributed by atoms with Gasteiger partial charge < -0.3 is 10.0 Å². The van der Waals surface area contributed by atoms with E-state index >= 15 is 0 Å². The van der Waals surface area contributed by atoms with E-state index in [1.807, 2.05) is 4.90 Å². The van der Waals surface area contributed by atoms with Crippen LogP contribution in [-0.2, 0) is 11.2 Å². The number of nitrogens with zero attached hydrogens (tertiary/aromatic N) is 1. The van der Waals surface area contributed by atoms with Crippen LogP contribution in [0, 0.1) is 5.92 Å². The Balaban J connectivity index is 1.93. The number of aromatic carboxylic acids is 1. The van der Waals surface area contributed by atoms with Crippen molar-refractivity contribution in [2.24, 2.45) is 5.92 Å². The van der Waals surface area contributed by atoms with Gasteiger partial charge in [0.05, 0.1) is 12.0 Å². The van der Waals surface area contributed by atoms with E-state index in [0.29, 0.717) is 12.3 Å². The second-order valence-corrected chi connectivity index (χ2v) is 5.24. The number of carbonyl (C=O) groups excluding carboxylic acids is 1. The van der Waals surface area contributed by atoms with Crippen LogP contribution in [0.25, 0.3) is 0 Å². The average molecular weight is 261 g/mol. The molecule has 1 aromatic carbocycles. The molecule has 0 aliphatic carbocycles. The summed E-state index contributed by atoms with van der Waals surface area (Å²) in [4.78, 5) is 24.7. The highest BCUT2D eigenvalue weighted by molar-refractivity contribution is 5.87. The standard InChI is InChI=1S/C15H19NO3/c1-11-6-8-16(9-7-11)14(17)10-12-2-4-13(5-3-12)15(18)19/h2-5,11H,6-10H2,1H3,(H,18,19). The first-order valence-corrected chi connectivity index (χ1v) is 6.66. The van der Waals surface area contributed by atoms with Crippen molar-refractivity contribution in [2.45, 2.75) is 26.2 Å². The molecule has 4 heteroatoms. The summed E-state index contributed by atoms with van der Waals surface area (Å²) in [7, 11) is 0. The molecule has 0 atom stereocenters. The van der Waals surface area contributed by atoms with Gasteiger partial charge in [0.25, 0.3) is 0 Å². The summed E-state index contributed by atoms with van der Waals surface area (Å²) in [5.74, 6) is -0.100. The van der Waals surface area contributed by atoms with Crippen LogP contribution >= 0.6 is 0 Å². The van der Waals surface area contributed by atoms with Gasteiger partial charge in [0.1, 0.15) is 0 Å². The Morgan fingerprint density at radius 3 is 2.32 bits per heavy atom. The molecule has 0 aromatic heterocycles. The average Bonchev–Trinajstić information content (AvgIpc) is 2.40. The molecule has 1 aromatic rings. The minimum Gasteiger partial charge on any atom is -0.478 e. The van der Waals surface area contributed by atoms with Crippen molar-refractivity contribution in [1.82, 2.24) is 4.90 Å². The molecule has 1 saturated heterocycles. The number of rotatable bonds is 3. The smallest absolute Gasteiger partial charge is 0.335 e. The quantitative estimate of drug-likeness (QED) is 0.907. The van der Waals surface area contributed by atoms with Crippen molar-refractivity contribution in [3.05, 3.63) is 35.4 Å². The molecule has 0 spiro atoms. The van der Waals surface area contributed by atoms with E-state index in [1.165, 1.54) is 0 Å². The van der Waals surface area contributed by atoms with Gasteiger partial charge in [-0.1, -0.05) is 19.1 Å². The van der Waals surface area contributed by atoms with Crippen LogP contribution in [0.15, 0.2) is 24.3 Å². The van der Waals surface area contributed by atoms with Gasteiger partial charge in [0, 0.05) is 13.1 Å². The van der Waals surface area contributed by atoms with Crippen LogP contribution in [0.3, 0.4) is 0 Å². The molecule has 0 bridgehead atoms. The topological polar surface area (TPSA) is 57.6 Å². The van der Waals surface area contributed by atoms with Crippen molar-refractivity contribution < 1.29 is 14.7 Å². The Kier molecular flexibility index (Phi) is 4.20. The molecule has 1 aliphatic heterocycles. The first kappa shape index (κ1) is 13.6. The van der Waals surface area contributed by atoms with Crippen molar-refractivity contribution in [1.29, 1.82) is 0 Å². The molecule has 19 heavy (non-hydrogen) atoms. The van der Waals surface area contributed by atoms with Crippen LogP contribution in [-0.4, -0.2) is 35.0 Å². The summed E-state index contributed by atoms with van der Waals surface area (Å²) in [6.45, 7) is 3.90. The van der Waals surface area contributed by atoms with Crippen LogP contribution in [0.2, 0.25) is 0 Å². The number of carbonyl (C=O) groups is 2. The Morgan fingerprint density at radius 2 is 1.79 bits per heavy atom. The molecule has 2 rings (SSSR count). The summed E-state index contributed by atoms with van der Waals surface area (Å²) in [5, 5.41) is 8.81. The molecule has 0 radical (unpaired) electrons. The molecule has 0 saturated carbocycles. The van der Waals surface area contributed by atoms with Gasteiger partial charge in [0.15, 0.2) is 0 Å². The SMILES string of the molecule is CC1CCN(C(=O)Cc2ccc(C(=O)O)cc2)CC1. The molecule has 1 N–H and O–H groups in total. The summed E-state index contributed by atoms with van der Waals surface area (Å²) in [6, 6.07) is 6.52. The van der Waals surface area contributed by atoms with E-state index in [-0.39, 0.29) is 11.5 Å². The zero-order chi connectivity index (χ0) is 13.8. The fraction of sp³-hybridized carbons (Fsp3) is 0.467. The third kappa shape index (κ3) is 3.56. The number of benzene rings is 1. The van der Waals surface area contributed by atoms with Gasteiger partial charge in [-0.05, 0) is 36.5 Å². The molecule has 4 nitrogen and oxygen atoms in total. The molecule has 0 unspecified atom stereocenters. The molecular weight excluding hydrogens is 242 g/mol. The van der Waals surface area contributed by atoms with Crippen molar-refractivity contribution in [3.63, 3.8) is 0 Å². The minimum absolute atomic E-state index is 0.134. The first-order chi connectivity index (χ1) is 9.06. The Bertz CT molecular complexity index is 459. The van der Waals surface area contributed by atoms with Gasteiger partial charge >= 0.3 is 5.97 Å². The third-order valence-corrected chi connectivity index (χ3v) is 3.69. The van der Waals surface area contributed by atoms with Gasteiger partial charge in [-0.25, -0.2) is 4.79 Å². The van der Waals surface area contributed by atoms with E-state index in [2.05, 4.69) is 6.92 Å². The van der Waals surface area contributed by atoms with Crippen molar-refractivity contribution >= 4 is 11.9 Å². The number of likely N-dealkylation sites (tertiary alicyclic amines) is 1. The minimum atomic E-state index is -0.942. The predicted octanol–water partition coefficient (Wildman–Crippen LogP) is 2.19. The lowest BCUT2D eigenvalue weighted by molar-refractivity contribution is -0.131. The van der Waals surface area contributed by atoms with Crippen molar-refractivity contribution in [3.8, 4) is 0 Å². The summed E-state index contributed by atoms with van der Waals surface area (Å²) >= 11 is 0. The fourth-order valence-electron chi connectivity index (χ4n) is 2.31. The zero-order valence-corrected chi connectivity index (χ0v) is 11.1. The second kappa shape index (κ2) is 5.87. The molecule has 1 amide bonds. The third-order valence-electron chi connectivity index (χ3n) is 3.69. The maximum absolute atomic E-state index is 12.1. The summed E-state index contributed by atoms with van der Waals surface area (Å²) < 4.78 is 0. The molecule has 102 valence electrons. The number of carboxylic acids is 1. The van der Waals surface area contributed by atoms with Crippen LogP contribution < -0.4 is 0 Å².